The number of pyridine rings is 1. The largest absolute Gasteiger partial charge is 0.324 e. The fourth-order valence-corrected chi connectivity index (χ4v) is 2.57. The van der Waals surface area contributed by atoms with Crippen LogP contribution in [-0.4, -0.2) is 4.98 Å². The van der Waals surface area contributed by atoms with Crippen LogP contribution >= 0.6 is 27.5 Å². The lowest BCUT2D eigenvalue weighted by atomic mass is 10.0. The fourth-order valence-electron chi connectivity index (χ4n) is 1.68. The van der Waals surface area contributed by atoms with Gasteiger partial charge in [0, 0.05) is 27.9 Å². The summed E-state index contributed by atoms with van der Waals surface area (Å²) in [5, 5.41) is 0.694. The summed E-state index contributed by atoms with van der Waals surface area (Å²) in [5.41, 5.74) is 8.36. The Hall–Kier alpha value is -0.900. The van der Waals surface area contributed by atoms with Crippen molar-refractivity contribution in [3.63, 3.8) is 0 Å². The van der Waals surface area contributed by atoms with Crippen molar-refractivity contribution in [3.05, 3.63) is 63.3 Å². The molecule has 0 saturated carbocycles. The molecule has 0 aliphatic rings. The summed E-state index contributed by atoms with van der Waals surface area (Å²) in [7, 11) is 0. The van der Waals surface area contributed by atoms with Gasteiger partial charge in [0.25, 0.3) is 0 Å². The molecule has 2 rings (SSSR count). The number of hydrogen-bond donors (Lipinski definition) is 1. The van der Waals surface area contributed by atoms with Gasteiger partial charge in [0.1, 0.15) is 0 Å². The van der Waals surface area contributed by atoms with E-state index in [1.54, 1.807) is 12.4 Å². The highest BCUT2D eigenvalue weighted by atomic mass is 79.9. The van der Waals surface area contributed by atoms with Crippen molar-refractivity contribution < 1.29 is 0 Å². The second-order valence-corrected chi connectivity index (χ2v) is 5.22. The van der Waals surface area contributed by atoms with Gasteiger partial charge in [-0.15, -0.1) is 0 Å². The third-order valence-corrected chi connectivity index (χ3v) is 3.19. The average molecular weight is 312 g/mol. The highest BCUT2D eigenvalue weighted by Gasteiger charge is 2.08. The topological polar surface area (TPSA) is 38.9 Å². The van der Waals surface area contributed by atoms with Gasteiger partial charge in [-0.3, -0.25) is 4.98 Å². The molecule has 1 heterocycles. The van der Waals surface area contributed by atoms with Crippen LogP contribution in [0.3, 0.4) is 0 Å². The molecule has 0 bridgehead atoms. The Morgan fingerprint density at radius 1 is 1.24 bits per heavy atom. The van der Waals surface area contributed by atoms with Gasteiger partial charge in [-0.2, -0.15) is 0 Å². The van der Waals surface area contributed by atoms with E-state index in [-0.39, 0.29) is 6.04 Å². The summed E-state index contributed by atoms with van der Waals surface area (Å²) in [6.07, 6.45) is 4.32. The number of benzene rings is 1. The highest BCUT2D eigenvalue weighted by Crippen LogP contribution is 2.24. The molecule has 0 radical (unpaired) electrons. The summed E-state index contributed by atoms with van der Waals surface area (Å²) >= 11 is 9.42. The van der Waals surface area contributed by atoms with Crippen LogP contribution in [0.4, 0.5) is 0 Å². The van der Waals surface area contributed by atoms with E-state index in [0.717, 1.165) is 16.5 Å². The molecule has 0 amide bonds. The molecule has 2 nitrogen and oxygen atoms in total. The Morgan fingerprint density at radius 2 is 1.94 bits per heavy atom. The predicted octanol–water partition coefficient (Wildman–Crippen LogP) is 3.74. The molecule has 88 valence electrons. The molecular weight excluding hydrogens is 300 g/mol. The normalized spacial score (nSPS) is 12.4. The van der Waals surface area contributed by atoms with Crippen LogP contribution in [0.2, 0.25) is 5.02 Å². The second-order valence-electron chi connectivity index (χ2n) is 3.87. The van der Waals surface area contributed by atoms with E-state index >= 15 is 0 Å². The van der Waals surface area contributed by atoms with E-state index in [9.17, 15) is 0 Å². The summed E-state index contributed by atoms with van der Waals surface area (Å²) in [4.78, 5) is 3.98. The lowest BCUT2D eigenvalue weighted by Gasteiger charge is -2.13. The van der Waals surface area contributed by atoms with Crippen molar-refractivity contribution in [2.45, 2.75) is 12.5 Å². The highest BCUT2D eigenvalue weighted by molar-refractivity contribution is 9.10. The van der Waals surface area contributed by atoms with Gasteiger partial charge in [0.15, 0.2) is 0 Å². The number of rotatable bonds is 3. The number of hydrogen-bond acceptors (Lipinski definition) is 2. The maximum absolute atomic E-state index is 6.16. The first kappa shape index (κ1) is 12.6. The van der Waals surface area contributed by atoms with Crippen molar-refractivity contribution in [2.75, 3.05) is 0 Å². The minimum Gasteiger partial charge on any atom is -0.324 e. The zero-order valence-electron chi connectivity index (χ0n) is 9.11. The SMILES string of the molecule is NC(Cc1ccncc1)c1cc(Cl)cc(Br)c1. The molecule has 0 spiro atoms. The third-order valence-electron chi connectivity index (χ3n) is 2.52. The number of halogens is 2. The molecule has 1 unspecified atom stereocenters. The summed E-state index contributed by atoms with van der Waals surface area (Å²) in [6.45, 7) is 0. The fraction of sp³-hybridized carbons (Fsp3) is 0.154. The Labute approximate surface area is 114 Å². The Morgan fingerprint density at radius 3 is 2.59 bits per heavy atom. The van der Waals surface area contributed by atoms with E-state index in [2.05, 4.69) is 20.9 Å². The van der Waals surface area contributed by atoms with Crippen molar-refractivity contribution in [3.8, 4) is 0 Å². The van der Waals surface area contributed by atoms with Crippen LogP contribution in [0, 0.1) is 0 Å². The van der Waals surface area contributed by atoms with E-state index < -0.39 is 0 Å². The number of nitrogens with two attached hydrogens (primary N) is 1. The minimum atomic E-state index is -0.0626. The zero-order chi connectivity index (χ0) is 12.3. The Balaban J connectivity index is 2.17. The lowest BCUT2D eigenvalue weighted by molar-refractivity contribution is 0.720. The summed E-state index contributed by atoms with van der Waals surface area (Å²) in [5.74, 6) is 0. The molecule has 0 aliphatic carbocycles. The van der Waals surface area contributed by atoms with Gasteiger partial charge in [-0.1, -0.05) is 27.5 Å². The first-order valence-corrected chi connectivity index (χ1v) is 6.43. The summed E-state index contributed by atoms with van der Waals surface area (Å²) in [6, 6.07) is 9.63. The molecule has 2 aromatic rings. The van der Waals surface area contributed by atoms with Gasteiger partial charge in [0.05, 0.1) is 0 Å². The smallest absolute Gasteiger partial charge is 0.0420 e. The van der Waals surface area contributed by atoms with E-state index in [1.165, 1.54) is 5.56 Å². The van der Waals surface area contributed by atoms with Crippen LogP contribution < -0.4 is 5.73 Å². The van der Waals surface area contributed by atoms with Crippen LogP contribution in [0.15, 0.2) is 47.2 Å². The van der Waals surface area contributed by atoms with Crippen LogP contribution in [0.5, 0.6) is 0 Å². The number of aromatic nitrogens is 1. The molecule has 0 saturated heterocycles. The number of nitrogens with zero attached hydrogens (tertiary/aromatic N) is 1. The summed E-state index contributed by atoms with van der Waals surface area (Å²) < 4.78 is 0.949. The van der Waals surface area contributed by atoms with Crippen LogP contribution in [0.1, 0.15) is 17.2 Å². The van der Waals surface area contributed by atoms with E-state index in [0.29, 0.717) is 5.02 Å². The Kier molecular flexibility index (Phi) is 4.15. The molecule has 4 heteroatoms. The lowest BCUT2D eigenvalue weighted by Crippen LogP contribution is -2.13. The first-order valence-electron chi connectivity index (χ1n) is 5.25. The van der Waals surface area contributed by atoms with Gasteiger partial charge in [-0.05, 0) is 47.9 Å². The standard InChI is InChI=1S/C13H12BrClN2/c14-11-6-10(7-12(15)8-11)13(16)5-9-1-3-17-4-2-9/h1-4,6-8,13H,5,16H2. The molecule has 2 N–H and O–H groups in total. The van der Waals surface area contributed by atoms with Crippen LogP contribution in [0.25, 0.3) is 0 Å². The van der Waals surface area contributed by atoms with Crippen molar-refractivity contribution >= 4 is 27.5 Å². The third kappa shape index (κ3) is 3.53. The molecule has 17 heavy (non-hydrogen) atoms. The second kappa shape index (κ2) is 5.63. The maximum Gasteiger partial charge on any atom is 0.0420 e. The van der Waals surface area contributed by atoms with Crippen molar-refractivity contribution in [1.29, 1.82) is 0 Å². The van der Waals surface area contributed by atoms with E-state index in [1.807, 2.05) is 30.3 Å². The van der Waals surface area contributed by atoms with Gasteiger partial charge < -0.3 is 5.73 Å². The maximum atomic E-state index is 6.16. The van der Waals surface area contributed by atoms with Gasteiger partial charge >= 0.3 is 0 Å². The van der Waals surface area contributed by atoms with Crippen molar-refractivity contribution in [2.24, 2.45) is 5.73 Å². The van der Waals surface area contributed by atoms with E-state index in [4.69, 9.17) is 17.3 Å². The minimum absolute atomic E-state index is 0.0626. The monoisotopic (exact) mass is 310 g/mol. The van der Waals surface area contributed by atoms with Crippen molar-refractivity contribution in [1.82, 2.24) is 4.98 Å². The molecule has 1 aromatic heterocycles. The van der Waals surface area contributed by atoms with Gasteiger partial charge in [0.2, 0.25) is 0 Å². The first-order chi connectivity index (χ1) is 8.15. The Bertz CT molecular complexity index is 482. The predicted molar refractivity (Wildman–Crippen MR) is 74.0 cm³/mol. The van der Waals surface area contributed by atoms with Gasteiger partial charge in [-0.25, -0.2) is 0 Å². The zero-order valence-corrected chi connectivity index (χ0v) is 11.4. The molecule has 1 atom stereocenters. The average Bonchev–Trinajstić information content (AvgIpc) is 2.29. The molecule has 0 aliphatic heterocycles. The molecule has 1 aromatic carbocycles. The quantitative estimate of drug-likeness (QED) is 0.938. The molecule has 0 fully saturated rings. The molecular formula is C13H12BrClN2. The van der Waals surface area contributed by atoms with Crippen LogP contribution in [-0.2, 0) is 6.42 Å².